The summed E-state index contributed by atoms with van der Waals surface area (Å²) in [6.45, 7) is 6.25. The third kappa shape index (κ3) is 5.26. The van der Waals surface area contributed by atoms with E-state index in [9.17, 15) is 0 Å². The smallest absolute Gasteiger partial charge is 0.231 e. The highest BCUT2D eigenvalue weighted by atomic mass is 127. The lowest BCUT2D eigenvalue weighted by Gasteiger charge is -2.21. The van der Waals surface area contributed by atoms with Gasteiger partial charge in [0.1, 0.15) is 12.4 Å². The number of guanidine groups is 1. The summed E-state index contributed by atoms with van der Waals surface area (Å²) in [5.74, 6) is 3.71. The molecule has 1 unspecified atom stereocenters. The number of nitrogens with zero attached hydrogens (tertiary/aromatic N) is 4. The van der Waals surface area contributed by atoms with E-state index in [4.69, 9.17) is 19.2 Å². The molecule has 0 amide bonds. The maximum absolute atomic E-state index is 5.82. The SMILES string of the molecule is CCNC(=NCCOc1ccc2c(c1)OCO2)N1CCC(c2cnn(C)c2)C1.I. The largest absolute Gasteiger partial charge is 0.492 e. The van der Waals surface area contributed by atoms with Gasteiger partial charge in [0, 0.05) is 44.9 Å². The highest BCUT2D eigenvalue weighted by Crippen LogP contribution is 2.35. The van der Waals surface area contributed by atoms with E-state index >= 15 is 0 Å². The van der Waals surface area contributed by atoms with Crippen LogP contribution in [0.3, 0.4) is 0 Å². The Labute approximate surface area is 188 Å². The standard InChI is InChI=1S/C20H27N5O3.HI/c1-3-21-20(25-8-6-15(13-25)16-11-23-24(2)12-16)22-7-9-26-17-4-5-18-19(10-17)28-14-27-18;/h4-5,10-12,15H,3,6-9,13-14H2,1-2H3,(H,21,22);1H. The zero-order valence-corrected chi connectivity index (χ0v) is 19.2. The van der Waals surface area contributed by atoms with Gasteiger partial charge in [0.05, 0.1) is 12.7 Å². The second kappa shape index (κ2) is 10.0. The van der Waals surface area contributed by atoms with Crippen LogP contribution in [0, 0.1) is 0 Å². The van der Waals surface area contributed by atoms with Crippen LogP contribution in [-0.2, 0) is 7.05 Å². The molecule has 0 aliphatic carbocycles. The van der Waals surface area contributed by atoms with Crippen molar-refractivity contribution in [3.8, 4) is 17.2 Å². The molecule has 1 aromatic carbocycles. The number of aryl methyl sites for hydroxylation is 1. The van der Waals surface area contributed by atoms with Gasteiger partial charge in [-0.25, -0.2) is 4.99 Å². The second-order valence-electron chi connectivity index (χ2n) is 6.98. The van der Waals surface area contributed by atoms with Crippen molar-refractivity contribution in [2.45, 2.75) is 19.3 Å². The number of halogens is 1. The van der Waals surface area contributed by atoms with Gasteiger partial charge < -0.3 is 24.4 Å². The maximum Gasteiger partial charge on any atom is 0.231 e. The minimum absolute atomic E-state index is 0. The molecule has 0 bridgehead atoms. The van der Waals surface area contributed by atoms with Gasteiger partial charge in [-0.1, -0.05) is 0 Å². The van der Waals surface area contributed by atoms with E-state index in [1.165, 1.54) is 5.56 Å². The Morgan fingerprint density at radius 3 is 3.00 bits per heavy atom. The molecule has 0 spiro atoms. The Morgan fingerprint density at radius 1 is 1.34 bits per heavy atom. The molecule has 8 nitrogen and oxygen atoms in total. The lowest BCUT2D eigenvalue weighted by molar-refractivity contribution is 0.173. The summed E-state index contributed by atoms with van der Waals surface area (Å²) in [6, 6.07) is 5.62. The van der Waals surface area contributed by atoms with Crippen LogP contribution in [0.15, 0.2) is 35.6 Å². The predicted molar refractivity (Wildman–Crippen MR) is 122 cm³/mol. The average molecular weight is 513 g/mol. The average Bonchev–Trinajstić information content (AvgIpc) is 3.43. The van der Waals surface area contributed by atoms with Crippen LogP contribution < -0.4 is 19.5 Å². The first-order valence-corrected chi connectivity index (χ1v) is 9.77. The number of benzene rings is 1. The molecule has 1 atom stereocenters. The summed E-state index contributed by atoms with van der Waals surface area (Å²) in [4.78, 5) is 7.07. The number of nitrogens with one attached hydrogen (secondary N) is 1. The van der Waals surface area contributed by atoms with Crippen LogP contribution in [0.4, 0.5) is 0 Å². The van der Waals surface area contributed by atoms with Crippen molar-refractivity contribution in [2.24, 2.45) is 12.0 Å². The fourth-order valence-corrected chi connectivity index (χ4v) is 3.58. The lowest BCUT2D eigenvalue weighted by Crippen LogP contribution is -2.40. The summed E-state index contributed by atoms with van der Waals surface area (Å²) in [5, 5.41) is 7.69. The monoisotopic (exact) mass is 513 g/mol. The van der Waals surface area contributed by atoms with Crippen LogP contribution in [0.5, 0.6) is 17.2 Å². The second-order valence-corrected chi connectivity index (χ2v) is 6.98. The molecule has 9 heteroatoms. The minimum atomic E-state index is 0. The summed E-state index contributed by atoms with van der Waals surface area (Å²) in [7, 11) is 1.96. The molecule has 0 saturated carbocycles. The van der Waals surface area contributed by atoms with E-state index < -0.39 is 0 Å². The molecule has 158 valence electrons. The summed E-state index contributed by atoms with van der Waals surface area (Å²) in [6.07, 6.45) is 5.19. The molecule has 4 rings (SSSR count). The van der Waals surface area contributed by atoms with Gasteiger partial charge in [0.15, 0.2) is 17.5 Å². The third-order valence-electron chi connectivity index (χ3n) is 4.98. The zero-order chi connectivity index (χ0) is 19.3. The predicted octanol–water partition coefficient (Wildman–Crippen LogP) is 2.60. The molecule has 2 aliphatic rings. The maximum atomic E-state index is 5.82. The summed E-state index contributed by atoms with van der Waals surface area (Å²) in [5.41, 5.74) is 1.30. The van der Waals surface area contributed by atoms with E-state index in [2.05, 4.69) is 28.4 Å². The molecule has 29 heavy (non-hydrogen) atoms. The Bertz CT molecular complexity index is 841. The highest BCUT2D eigenvalue weighted by Gasteiger charge is 2.26. The van der Waals surface area contributed by atoms with Crippen molar-refractivity contribution in [1.29, 1.82) is 0 Å². The fraction of sp³-hybridized carbons (Fsp3) is 0.500. The number of ether oxygens (including phenoxy) is 3. The van der Waals surface area contributed by atoms with Crippen molar-refractivity contribution in [3.63, 3.8) is 0 Å². The molecule has 2 aliphatic heterocycles. The van der Waals surface area contributed by atoms with E-state index in [0.717, 1.165) is 49.3 Å². The Hall–Kier alpha value is -2.17. The molecule has 1 N–H and O–H groups in total. The quantitative estimate of drug-likeness (QED) is 0.277. The van der Waals surface area contributed by atoms with Crippen LogP contribution in [-0.4, -0.2) is 60.2 Å². The van der Waals surface area contributed by atoms with Gasteiger partial charge in [-0.05, 0) is 31.0 Å². The van der Waals surface area contributed by atoms with Crippen molar-refractivity contribution in [1.82, 2.24) is 20.0 Å². The Balaban J connectivity index is 0.00000240. The number of rotatable bonds is 6. The molecule has 2 aromatic rings. The van der Waals surface area contributed by atoms with E-state index in [-0.39, 0.29) is 30.8 Å². The summed E-state index contributed by atoms with van der Waals surface area (Å²) >= 11 is 0. The van der Waals surface area contributed by atoms with Crippen molar-refractivity contribution in [3.05, 3.63) is 36.2 Å². The normalized spacial score (nSPS) is 17.9. The van der Waals surface area contributed by atoms with Crippen LogP contribution in [0.25, 0.3) is 0 Å². The minimum Gasteiger partial charge on any atom is -0.492 e. The molecule has 1 saturated heterocycles. The van der Waals surface area contributed by atoms with Gasteiger partial charge in [0.25, 0.3) is 0 Å². The van der Waals surface area contributed by atoms with Crippen molar-refractivity contribution < 1.29 is 14.2 Å². The molecular weight excluding hydrogens is 485 g/mol. The van der Waals surface area contributed by atoms with E-state index in [1.54, 1.807) is 0 Å². The van der Waals surface area contributed by atoms with Crippen LogP contribution in [0.1, 0.15) is 24.8 Å². The summed E-state index contributed by atoms with van der Waals surface area (Å²) < 4.78 is 18.4. The van der Waals surface area contributed by atoms with Gasteiger partial charge in [-0.15, -0.1) is 24.0 Å². The van der Waals surface area contributed by atoms with Crippen LogP contribution in [0.2, 0.25) is 0 Å². The fourth-order valence-electron chi connectivity index (χ4n) is 3.58. The van der Waals surface area contributed by atoms with Crippen molar-refractivity contribution >= 4 is 29.9 Å². The van der Waals surface area contributed by atoms with Crippen molar-refractivity contribution in [2.75, 3.05) is 39.6 Å². The number of fused-ring (bicyclic) bond motifs is 1. The number of aliphatic imine (C=N–C) groups is 1. The first-order valence-electron chi connectivity index (χ1n) is 9.77. The number of likely N-dealkylation sites (tertiary alicyclic amines) is 1. The van der Waals surface area contributed by atoms with Gasteiger partial charge in [0.2, 0.25) is 6.79 Å². The molecule has 0 radical (unpaired) electrons. The molecule has 3 heterocycles. The van der Waals surface area contributed by atoms with Gasteiger partial charge in [-0.2, -0.15) is 5.10 Å². The lowest BCUT2D eigenvalue weighted by atomic mass is 10.0. The molecular formula is C20H28IN5O3. The Kier molecular flexibility index (Phi) is 7.45. The highest BCUT2D eigenvalue weighted by molar-refractivity contribution is 14.0. The van der Waals surface area contributed by atoms with Gasteiger partial charge >= 0.3 is 0 Å². The number of hydrogen-bond acceptors (Lipinski definition) is 5. The molecule has 1 fully saturated rings. The van der Waals surface area contributed by atoms with E-state index in [0.29, 0.717) is 19.1 Å². The first-order chi connectivity index (χ1) is 13.7. The van der Waals surface area contributed by atoms with E-state index in [1.807, 2.05) is 36.1 Å². The molecule has 1 aromatic heterocycles. The number of hydrogen-bond donors (Lipinski definition) is 1. The van der Waals surface area contributed by atoms with Gasteiger partial charge in [-0.3, -0.25) is 4.68 Å². The topological polar surface area (TPSA) is 73.1 Å². The first kappa shape index (κ1) is 21.5. The third-order valence-corrected chi connectivity index (χ3v) is 4.98. The number of aromatic nitrogens is 2. The Morgan fingerprint density at radius 2 is 2.21 bits per heavy atom. The zero-order valence-electron chi connectivity index (χ0n) is 16.8. The van der Waals surface area contributed by atoms with Crippen LogP contribution >= 0.6 is 24.0 Å².